The van der Waals surface area contributed by atoms with Crippen LogP contribution in [-0.2, 0) is 0 Å². The number of fused-ring (bicyclic) bond motifs is 1. The number of carbonyl (C=O) groups is 1. The minimum absolute atomic E-state index is 0.0513. The van der Waals surface area contributed by atoms with Crippen LogP contribution in [-0.4, -0.2) is 43.5 Å². The average Bonchev–Trinajstić information content (AvgIpc) is 2.96. The van der Waals surface area contributed by atoms with Crippen LogP contribution in [0.1, 0.15) is 33.2 Å². The van der Waals surface area contributed by atoms with Crippen molar-refractivity contribution in [2.75, 3.05) is 27.7 Å². The van der Waals surface area contributed by atoms with Gasteiger partial charge in [-0.3, -0.25) is 4.79 Å². The second-order valence-corrected chi connectivity index (χ2v) is 7.07. The number of aryl methyl sites for hydroxylation is 2. The van der Waals surface area contributed by atoms with Gasteiger partial charge in [0.15, 0.2) is 0 Å². The fourth-order valence-electron chi connectivity index (χ4n) is 3.40. The predicted octanol–water partition coefficient (Wildman–Crippen LogP) is 3.83. The molecule has 0 radical (unpaired) electrons. The van der Waals surface area contributed by atoms with Crippen molar-refractivity contribution in [1.29, 1.82) is 0 Å². The van der Waals surface area contributed by atoms with Crippen molar-refractivity contribution in [2.45, 2.75) is 19.9 Å². The zero-order chi connectivity index (χ0) is 19.6. The largest absolute Gasteiger partial charge is 0.497 e. The zero-order valence-corrected chi connectivity index (χ0v) is 16.6. The molecular weight excluding hydrogens is 338 g/mol. The number of benzene rings is 2. The van der Waals surface area contributed by atoms with Crippen LogP contribution in [0.3, 0.4) is 0 Å². The van der Waals surface area contributed by atoms with E-state index < -0.39 is 0 Å². The molecule has 0 aliphatic heterocycles. The molecule has 1 atom stereocenters. The number of ether oxygens (including phenoxy) is 1. The third-order valence-corrected chi connectivity index (χ3v) is 5.15. The number of aromatic amines is 1. The number of rotatable bonds is 6. The van der Waals surface area contributed by atoms with Gasteiger partial charge in [0.25, 0.3) is 5.91 Å². The molecule has 1 aromatic heterocycles. The lowest BCUT2D eigenvalue weighted by atomic mass is 10.0. The first-order chi connectivity index (χ1) is 12.9. The highest BCUT2D eigenvalue weighted by atomic mass is 16.5. The number of nitrogens with zero attached hydrogens (tertiary/aromatic N) is 1. The molecule has 0 fully saturated rings. The van der Waals surface area contributed by atoms with Gasteiger partial charge in [0.2, 0.25) is 0 Å². The molecule has 3 rings (SSSR count). The molecule has 0 spiro atoms. The predicted molar refractivity (Wildman–Crippen MR) is 110 cm³/mol. The summed E-state index contributed by atoms with van der Waals surface area (Å²) in [6.45, 7) is 4.61. The van der Waals surface area contributed by atoms with Crippen molar-refractivity contribution in [1.82, 2.24) is 15.2 Å². The lowest BCUT2D eigenvalue weighted by Crippen LogP contribution is -2.34. The molecule has 0 aliphatic rings. The van der Waals surface area contributed by atoms with Crippen molar-refractivity contribution in [2.24, 2.45) is 0 Å². The van der Waals surface area contributed by atoms with Gasteiger partial charge in [-0.1, -0.05) is 24.3 Å². The summed E-state index contributed by atoms with van der Waals surface area (Å²) in [6.07, 6.45) is 0. The van der Waals surface area contributed by atoms with Gasteiger partial charge >= 0.3 is 0 Å². The van der Waals surface area contributed by atoms with E-state index in [-0.39, 0.29) is 11.9 Å². The maximum atomic E-state index is 12.9. The Labute approximate surface area is 160 Å². The normalized spacial score (nSPS) is 12.4. The molecule has 2 aromatic carbocycles. The first-order valence-electron chi connectivity index (χ1n) is 9.08. The van der Waals surface area contributed by atoms with Crippen LogP contribution >= 0.6 is 0 Å². The van der Waals surface area contributed by atoms with E-state index in [0.717, 1.165) is 27.9 Å². The van der Waals surface area contributed by atoms with E-state index in [1.165, 1.54) is 5.56 Å². The molecule has 2 N–H and O–H groups in total. The SMILES string of the molecule is COc1cccc(C(CNC(=O)c2cccc3c(C)c(C)[nH]c23)N(C)C)c1. The second-order valence-electron chi connectivity index (χ2n) is 7.07. The lowest BCUT2D eigenvalue weighted by molar-refractivity contribution is 0.0943. The highest BCUT2D eigenvalue weighted by Gasteiger charge is 2.18. The summed E-state index contributed by atoms with van der Waals surface area (Å²) < 4.78 is 5.33. The molecular formula is C22H27N3O2. The highest BCUT2D eigenvalue weighted by Crippen LogP contribution is 2.25. The molecule has 1 unspecified atom stereocenters. The number of hydrogen-bond donors (Lipinski definition) is 2. The minimum atomic E-state index is -0.0726. The van der Waals surface area contributed by atoms with Crippen LogP contribution in [0, 0.1) is 13.8 Å². The molecule has 5 heteroatoms. The van der Waals surface area contributed by atoms with Gasteiger partial charge in [-0.25, -0.2) is 0 Å². The van der Waals surface area contributed by atoms with E-state index in [2.05, 4.69) is 28.2 Å². The van der Waals surface area contributed by atoms with Gasteiger partial charge < -0.3 is 19.9 Å². The van der Waals surface area contributed by atoms with Crippen LogP contribution in [0.25, 0.3) is 10.9 Å². The Morgan fingerprint density at radius 2 is 1.93 bits per heavy atom. The molecule has 0 bridgehead atoms. The molecule has 0 saturated carbocycles. The van der Waals surface area contributed by atoms with Gasteiger partial charge in [0, 0.05) is 17.6 Å². The number of nitrogens with one attached hydrogen (secondary N) is 2. The van der Waals surface area contributed by atoms with Crippen molar-refractivity contribution >= 4 is 16.8 Å². The van der Waals surface area contributed by atoms with E-state index in [1.807, 2.05) is 57.4 Å². The number of likely N-dealkylation sites (N-methyl/N-ethyl adjacent to an activating group) is 1. The number of carbonyl (C=O) groups excluding carboxylic acids is 1. The summed E-state index contributed by atoms with van der Waals surface area (Å²) in [4.78, 5) is 18.3. The van der Waals surface area contributed by atoms with Crippen molar-refractivity contribution < 1.29 is 9.53 Å². The summed E-state index contributed by atoms with van der Waals surface area (Å²) in [6, 6.07) is 13.8. The number of para-hydroxylation sites is 1. The Balaban J connectivity index is 1.82. The van der Waals surface area contributed by atoms with E-state index in [4.69, 9.17) is 4.74 Å². The molecule has 3 aromatic rings. The van der Waals surface area contributed by atoms with E-state index in [9.17, 15) is 4.79 Å². The molecule has 0 aliphatic carbocycles. The second kappa shape index (κ2) is 7.84. The average molecular weight is 365 g/mol. The Kier molecular flexibility index (Phi) is 5.51. The van der Waals surface area contributed by atoms with Gasteiger partial charge in [-0.05, 0) is 57.3 Å². The van der Waals surface area contributed by atoms with Crippen molar-refractivity contribution in [3.05, 3.63) is 64.8 Å². The topological polar surface area (TPSA) is 57.4 Å². The van der Waals surface area contributed by atoms with Crippen LogP contribution in [0.2, 0.25) is 0 Å². The van der Waals surface area contributed by atoms with E-state index >= 15 is 0 Å². The van der Waals surface area contributed by atoms with E-state index in [1.54, 1.807) is 7.11 Å². The molecule has 27 heavy (non-hydrogen) atoms. The maximum Gasteiger partial charge on any atom is 0.253 e. The van der Waals surface area contributed by atoms with Gasteiger partial charge in [0.05, 0.1) is 24.2 Å². The summed E-state index contributed by atoms with van der Waals surface area (Å²) in [5.41, 5.74) is 4.94. The number of hydrogen-bond acceptors (Lipinski definition) is 3. The summed E-state index contributed by atoms with van der Waals surface area (Å²) in [5.74, 6) is 0.740. The summed E-state index contributed by atoms with van der Waals surface area (Å²) >= 11 is 0. The minimum Gasteiger partial charge on any atom is -0.497 e. The lowest BCUT2D eigenvalue weighted by Gasteiger charge is -2.25. The zero-order valence-electron chi connectivity index (χ0n) is 16.6. The van der Waals surface area contributed by atoms with Gasteiger partial charge in [0.1, 0.15) is 5.75 Å². The summed E-state index contributed by atoms with van der Waals surface area (Å²) in [7, 11) is 5.68. The van der Waals surface area contributed by atoms with E-state index in [0.29, 0.717) is 12.1 Å². The molecule has 1 heterocycles. The van der Waals surface area contributed by atoms with Crippen LogP contribution < -0.4 is 10.1 Å². The Bertz CT molecular complexity index is 959. The first kappa shape index (κ1) is 19.0. The molecule has 142 valence electrons. The van der Waals surface area contributed by atoms with Crippen molar-refractivity contribution in [3.63, 3.8) is 0 Å². The molecule has 1 amide bonds. The quantitative estimate of drug-likeness (QED) is 0.698. The number of H-pyrrole nitrogens is 1. The van der Waals surface area contributed by atoms with Gasteiger partial charge in [-0.2, -0.15) is 0 Å². The fraction of sp³-hybridized carbons (Fsp3) is 0.318. The van der Waals surface area contributed by atoms with Crippen molar-refractivity contribution in [3.8, 4) is 5.75 Å². The number of amides is 1. The standard InChI is InChI=1S/C22H27N3O2/c1-14-15(2)24-21-18(14)10-7-11-19(21)22(26)23-13-20(25(3)4)16-8-6-9-17(12-16)27-5/h6-12,20,24H,13H2,1-5H3,(H,23,26). The first-order valence-corrected chi connectivity index (χ1v) is 9.08. The van der Waals surface area contributed by atoms with Crippen LogP contribution in [0.5, 0.6) is 5.75 Å². The number of methoxy groups -OCH3 is 1. The fourth-order valence-corrected chi connectivity index (χ4v) is 3.40. The monoisotopic (exact) mass is 365 g/mol. The summed E-state index contributed by atoms with van der Waals surface area (Å²) in [5, 5.41) is 4.19. The maximum absolute atomic E-state index is 12.9. The Hall–Kier alpha value is -2.79. The third kappa shape index (κ3) is 3.83. The molecule has 5 nitrogen and oxygen atoms in total. The molecule has 0 saturated heterocycles. The number of aromatic nitrogens is 1. The Morgan fingerprint density at radius 1 is 1.19 bits per heavy atom. The highest BCUT2D eigenvalue weighted by molar-refractivity contribution is 6.06. The van der Waals surface area contributed by atoms with Crippen LogP contribution in [0.15, 0.2) is 42.5 Å². The van der Waals surface area contributed by atoms with Crippen LogP contribution in [0.4, 0.5) is 0 Å². The smallest absolute Gasteiger partial charge is 0.253 e. The third-order valence-electron chi connectivity index (χ3n) is 5.15. The van der Waals surface area contributed by atoms with Gasteiger partial charge in [-0.15, -0.1) is 0 Å². The Morgan fingerprint density at radius 3 is 2.63 bits per heavy atom.